The van der Waals surface area contributed by atoms with Gasteiger partial charge in [-0.1, -0.05) is 0 Å². The predicted octanol–water partition coefficient (Wildman–Crippen LogP) is 1.43. The number of aliphatic hydroxyl groups is 2. The molecule has 0 radical (unpaired) electrons. The quantitative estimate of drug-likeness (QED) is 0.664. The summed E-state index contributed by atoms with van der Waals surface area (Å²) in [5.74, 6) is -1.62. The van der Waals surface area contributed by atoms with Crippen molar-refractivity contribution in [2.24, 2.45) is 0 Å². The first kappa shape index (κ1) is 12.6. The normalized spacial score (nSPS) is 21.5. The largest absolute Gasteiger partial charge is 0.507 e. The van der Waals surface area contributed by atoms with Crippen LogP contribution in [0.2, 0.25) is 0 Å². The molecule has 2 aliphatic carbocycles. The molecule has 2 aliphatic rings. The predicted molar refractivity (Wildman–Crippen MR) is 70.4 cm³/mol. The summed E-state index contributed by atoms with van der Waals surface area (Å²) >= 11 is 0. The van der Waals surface area contributed by atoms with E-state index < -0.39 is 23.4 Å². The summed E-state index contributed by atoms with van der Waals surface area (Å²) in [5.41, 5.74) is 0.666. The van der Waals surface area contributed by atoms with E-state index in [1.165, 1.54) is 18.2 Å². The lowest BCUT2D eigenvalue weighted by Gasteiger charge is -2.25. The number of Topliss-reactive ketones (excluding diaryl/α,β-unsaturated/α-hetero) is 2. The molecule has 0 saturated heterocycles. The molecule has 102 valence electrons. The number of benzene rings is 1. The van der Waals surface area contributed by atoms with E-state index in [1.54, 1.807) is 6.92 Å². The van der Waals surface area contributed by atoms with Crippen LogP contribution in [0.3, 0.4) is 0 Å². The van der Waals surface area contributed by atoms with Crippen molar-refractivity contribution in [2.75, 3.05) is 0 Å². The fourth-order valence-corrected chi connectivity index (χ4v) is 2.69. The van der Waals surface area contributed by atoms with E-state index in [0.717, 1.165) is 0 Å². The highest BCUT2D eigenvalue weighted by Gasteiger charge is 2.38. The van der Waals surface area contributed by atoms with Gasteiger partial charge >= 0.3 is 0 Å². The number of rotatable bonds is 0. The maximum Gasteiger partial charge on any atom is 0.194 e. The molecule has 0 amide bonds. The Bertz CT molecular complexity index is 724. The van der Waals surface area contributed by atoms with Gasteiger partial charge in [0.15, 0.2) is 11.6 Å². The van der Waals surface area contributed by atoms with Gasteiger partial charge in [0.1, 0.15) is 11.5 Å². The van der Waals surface area contributed by atoms with E-state index >= 15 is 0 Å². The fraction of sp³-hybridized carbons (Fsp3) is 0.200. The summed E-state index contributed by atoms with van der Waals surface area (Å²) in [5, 5.41) is 29.7. The maximum absolute atomic E-state index is 12.4. The molecule has 1 unspecified atom stereocenters. The lowest BCUT2D eigenvalue weighted by atomic mass is 9.78. The number of hydrogen-bond donors (Lipinski definition) is 3. The van der Waals surface area contributed by atoms with E-state index in [-0.39, 0.29) is 34.4 Å². The fourth-order valence-electron chi connectivity index (χ4n) is 2.69. The van der Waals surface area contributed by atoms with Crippen LogP contribution in [0.5, 0.6) is 5.75 Å². The Hall–Kier alpha value is -2.40. The lowest BCUT2D eigenvalue weighted by Crippen LogP contribution is -2.28. The minimum Gasteiger partial charge on any atom is -0.507 e. The number of fused-ring (bicyclic) bond motifs is 2. The van der Waals surface area contributed by atoms with Gasteiger partial charge < -0.3 is 15.3 Å². The van der Waals surface area contributed by atoms with E-state index in [0.29, 0.717) is 5.56 Å². The van der Waals surface area contributed by atoms with E-state index in [2.05, 4.69) is 0 Å². The molecule has 0 saturated carbocycles. The first-order chi connectivity index (χ1) is 9.40. The lowest BCUT2D eigenvalue weighted by molar-refractivity contribution is -0.117. The number of hydrogen-bond acceptors (Lipinski definition) is 5. The molecule has 5 heteroatoms. The van der Waals surface area contributed by atoms with E-state index in [4.69, 9.17) is 0 Å². The zero-order valence-electron chi connectivity index (χ0n) is 10.7. The first-order valence-corrected chi connectivity index (χ1v) is 6.15. The second-order valence-corrected chi connectivity index (χ2v) is 5.03. The van der Waals surface area contributed by atoms with Crippen molar-refractivity contribution in [1.82, 2.24) is 0 Å². The molecule has 1 aromatic carbocycles. The number of aryl methyl sites for hydroxylation is 1. The standard InChI is InChI=1S/C15H12O5/c1-6-2-8-12(10(17)3-6)15(20)13-9(14(8)19)4-7(16)5-11(13)18/h2-4,7,16-17,20H,5H2,1H3. The highest BCUT2D eigenvalue weighted by molar-refractivity contribution is 6.26. The molecule has 0 aromatic heterocycles. The molecule has 0 fully saturated rings. The van der Waals surface area contributed by atoms with Gasteiger partial charge in [0.05, 0.1) is 17.2 Å². The van der Waals surface area contributed by atoms with Crippen LogP contribution >= 0.6 is 0 Å². The molecule has 5 nitrogen and oxygen atoms in total. The van der Waals surface area contributed by atoms with Crippen LogP contribution in [0.25, 0.3) is 5.76 Å². The van der Waals surface area contributed by atoms with Crippen molar-refractivity contribution in [3.05, 3.63) is 46.0 Å². The van der Waals surface area contributed by atoms with Crippen molar-refractivity contribution >= 4 is 17.3 Å². The van der Waals surface area contributed by atoms with Crippen molar-refractivity contribution in [2.45, 2.75) is 19.4 Å². The minimum atomic E-state index is -1.03. The third-order valence-electron chi connectivity index (χ3n) is 3.53. The molecule has 3 N–H and O–H groups in total. The number of allylic oxidation sites excluding steroid dienone is 2. The average molecular weight is 272 g/mol. The van der Waals surface area contributed by atoms with Crippen LogP contribution in [0.4, 0.5) is 0 Å². The molecule has 1 atom stereocenters. The van der Waals surface area contributed by atoms with E-state index in [1.807, 2.05) is 0 Å². The number of phenolic OH excluding ortho intramolecular Hbond substituents is 1. The third-order valence-corrected chi connectivity index (χ3v) is 3.53. The van der Waals surface area contributed by atoms with Crippen molar-refractivity contribution in [3.63, 3.8) is 0 Å². The van der Waals surface area contributed by atoms with Gasteiger partial charge in [-0.05, 0) is 30.7 Å². The summed E-state index contributed by atoms with van der Waals surface area (Å²) in [6.45, 7) is 1.71. The van der Waals surface area contributed by atoms with Gasteiger partial charge in [0, 0.05) is 17.6 Å². The Morgan fingerprint density at radius 1 is 1.20 bits per heavy atom. The molecule has 0 heterocycles. The van der Waals surface area contributed by atoms with Crippen LogP contribution in [-0.4, -0.2) is 33.0 Å². The summed E-state index contributed by atoms with van der Waals surface area (Å²) < 4.78 is 0. The van der Waals surface area contributed by atoms with Crippen molar-refractivity contribution in [3.8, 4) is 5.75 Å². The first-order valence-electron chi connectivity index (χ1n) is 6.15. The SMILES string of the molecule is Cc1cc(O)c2c(c1)C(=O)C1=CC(O)CC(=O)C1=C2O. The maximum atomic E-state index is 12.4. The second kappa shape index (κ2) is 4.05. The Labute approximate surface area is 114 Å². The molecule has 1 aromatic rings. The minimum absolute atomic E-state index is 0.00347. The summed E-state index contributed by atoms with van der Waals surface area (Å²) in [4.78, 5) is 24.3. The third kappa shape index (κ3) is 1.60. The van der Waals surface area contributed by atoms with Crippen LogP contribution < -0.4 is 0 Å². The number of phenols is 1. The molecular formula is C15H12O5. The highest BCUT2D eigenvalue weighted by atomic mass is 16.3. The number of carbonyl (C=O) groups excluding carboxylic acids is 2. The Morgan fingerprint density at radius 2 is 1.90 bits per heavy atom. The zero-order valence-corrected chi connectivity index (χ0v) is 10.7. The molecular weight excluding hydrogens is 260 g/mol. The summed E-state index contributed by atoms with van der Waals surface area (Å²) in [6, 6.07) is 2.95. The summed E-state index contributed by atoms with van der Waals surface area (Å²) in [7, 11) is 0. The Morgan fingerprint density at radius 3 is 2.60 bits per heavy atom. The number of aliphatic hydroxyl groups excluding tert-OH is 2. The molecule has 3 rings (SSSR count). The molecule has 0 spiro atoms. The van der Waals surface area contributed by atoms with Gasteiger partial charge in [-0.15, -0.1) is 0 Å². The summed E-state index contributed by atoms with van der Waals surface area (Å²) in [6.07, 6.45) is 0.0633. The van der Waals surface area contributed by atoms with Crippen LogP contribution in [0.1, 0.15) is 27.9 Å². The monoisotopic (exact) mass is 272 g/mol. The smallest absolute Gasteiger partial charge is 0.194 e. The van der Waals surface area contributed by atoms with Gasteiger partial charge in [0.2, 0.25) is 0 Å². The topological polar surface area (TPSA) is 94.8 Å². The van der Waals surface area contributed by atoms with Crippen LogP contribution in [0.15, 0.2) is 29.4 Å². The zero-order chi connectivity index (χ0) is 14.6. The number of ketones is 2. The van der Waals surface area contributed by atoms with Crippen molar-refractivity contribution in [1.29, 1.82) is 0 Å². The molecule has 20 heavy (non-hydrogen) atoms. The highest BCUT2D eigenvalue weighted by Crippen LogP contribution is 2.41. The average Bonchev–Trinajstić information content (AvgIpc) is 2.34. The van der Waals surface area contributed by atoms with Crippen molar-refractivity contribution < 1.29 is 24.9 Å². The molecule has 0 bridgehead atoms. The Balaban J connectivity index is 2.38. The van der Waals surface area contributed by atoms with Gasteiger partial charge in [-0.2, -0.15) is 0 Å². The van der Waals surface area contributed by atoms with Gasteiger partial charge in [-0.25, -0.2) is 0 Å². The molecule has 0 aliphatic heterocycles. The van der Waals surface area contributed by atoms with E-state index in [9.17, 15) is 24.9 Å². The second-order valence-electron chi connectivity index (χ2n) is 5.03. The van der Waals surface area contributed by atoms with Crippen LogP contribution in [0, 0.1) is 6.92 Å². The van der Waals surface area contributed by atoms with Gasteiger partial charge in [-0.3, -0.25) is 9.59 Å². The van der Waals surface area contributed by atoms with Gasteiger partial charge in [0.25, 0.3) is 0 Å². The van der Waals surface area contributed by atoms with Crippen LogP contribution in [-0.2, 0) is 4.79 Å². The number of aromatic hydroxyl groups is 1. The Kier molecular flexibility index (Phi) is 2.55. The number of carbonyl (C=O) groups is 2.